The van der Waals surface area contributed by atoms with Crippen molar-refractivity contribution < 1.29 is 4.79 Å². The van der Waals surface area contributed by atoms with Gasteiger partial charge in [-0.2, -0.15) is 5.10 Å². The van der Waals surface area contributed by atoms with E-state index in [1.54, 1.807) is 18.3 Å². The Hall–Kier alpha value is -1.91. The average Bonchev–Trinajstić information content (AvgIpc) is 2.47. The maximum atomic E-state index is 10.8. The third-order valence-corrected chi connectivity index (χ3v) is 1.58. The molecule has 2 heterocycles. The molecule has 5 heteroatoms. The minimum atomic E-state index is -0.492. The first-order chi connectivity index (χ1) is 5.79. The van der Waals surface area contributed by atoms with Gasteiger partial charge in [0.1, 0.15) is 12.0 Å². The SMILES string of the molecule is NC(=O)c1ccc2cncnn12. The summed E-state index contributed by atoms with van der Waals surface area (Å²) in [5.74, 6) is -0.492. The summed E-state index contributed by atoms with van der Waals surface area (Å²) in [6, 6.07) is 3.35. The minimum absolute atomic E-state index is 0.368. The Morgan fingerprint density at radius 3 is 3.08 bits per heavy atom. The number of hydrogen-bond acceptors (Lipinski definition) is 3. The molecule has 5 nitrogen and oxygen atoms in total. The van der Waals surface area contributed by atoms with E-state index in [-0.39, 0.29) is 0 Å². The van der Waals surface area contributed by atoms with E-state index in [0.29, 0.717) is 5.69 Å². The number of amides is 1. The second-order valence-electron chi connectivity index (χ2n) is 2.33. The number of fused-ring (bicyclic) bond motifs is 1. The molecule has 1 amide bonds. The summed E-state index contributed by atoms with van der Waals surface area (Å²) in [5.41, 5.74) is 6.23. The predicted molar refractivity (Wildman–Crippen MR) is 41.5 cm³/mol. The van der Waals surface area contributed by atoms with Gasteiger partial charge in [-0.05, 0) is 12.1 Å². The highest BCUT2D eigenvalue weighted by atomic mass is 16.1. The zero-order chi connectivity index (χ0) is 8.55. The first-order valence-corrected chi connectivity index (χ1v) is 3.36. The van der Waals surface area contributed by atoms with Crippen LogP contribution in [0.4, 0.5) is 0 Å². The van der Waals surface area contributed by atoms with Gasteiger partial charge >= 0.3 is 0 Å². The van der Waals surface area contributed by atoms with Crippen LogP contribution in [0.5, 0.6) is 0 Å². The molecular formula is C7H6N4O. The summed E-state index contributed by atoms with van der Waals surface area (Å²) in [5, 5.41) is 3.87. The van der Waals surface area contributed by atoms with Gasteiger partial charge in [-0.15, -0.1) is 0 Å². The Balaban J connectivity index is 2.79. The number of carbonyl (C=O) groups excluding carboxylic acids is 1. The van der Waals surface area contributed by atoms with Gasteiger partial charge in [0.05, 0.1) is 11.7 Å². The Labute approximate surface area is 67.8 Å². The summed E-state index contributed by atoms with van der Waals surface area (Å²) in [6.07, 6.45) is 2.97. The second kappa shape index (κ2) is 2.30. The fourth-order valence-electron chi connectivity index (χ4n) is 1.05. The first kappa shape index (κ1) is 6.78. The highest BCUT2D eigenvalue weighted by Crippen LogP contribution is 2.04. The maximum absolute atomic E-state index is 10.8. The van der Waals surface area contributed by atoms with Crippen molar-refractivity contribution in [1.82, 2.24) is 14.6 Å². The number of carbonyl (C=O) groups is 1. The molecule has 2 N–H and O–H groups in total. The average molecular weight is 162 g/mol. The van der Waals surface area contributed by atoms with Crippen LogP contribution in [0.3, 0.4) is 0 Å². The maximum Gasteiger partial charge on any atom is 0.267 e. The lowest BCUT2D eigenvalue weighted by Crippen LogP contribution is -2.14. The van der Waals surface area contributed by atoms with Crippen molar-refractivity contribution in [3.05, 3.63) is 30.4 Å². The first-order valence-electron chi connectivity index (χ1n) is 3.36. The van der Waals surface area contributed by atoms with E-state index in [1.807, 2.05) is 0 Å². The van der Waals surface area contributed by atoms with Crippen molar-refractivity contribution in [3.63, 3.8) is 0 Å². The second-order valence-corrected chi connectivity index (χ2v) is 2.33. The van der Waals surface area contributed by atoms with Gasteiger partial charge in [-0.25, -0.2) is 9.50 Å². The van der Waals surface area contributed by atoms with Crippen molar-refractivity contribution in [3.8, 4) is 0 Å². The van der Waals surface area contributed by atoms with Crippen LogP contribution in [0.1, 0.15) is 10.5 Å². The van der Waals surface area contributed by atoms with Crippen LogP contribution in [0, 0.1) is 0 Å². The fraction of sp³-hybridized carbons (Fsp3) is 0. The summed E-state index contributed by atoms with van der Waals surface area (Å²) >= 11 is 0. The molecule has 0 atom stereocenters. The van der Waals surface area contributed by atoms with Crippen molar-refractivity contribution >= 4 is 11.4 Å². The highest BCUT2D eigenvalue weighted by molar-refractivity contribution is 5.92. The number of nitrogens with zero attached hydrogens (tertiary/aromatic N) is 3. The summed E-state index contributed by atoms with van der Waals surface area (Å²) in [6.45, 7) is 0. The van der Waals surface area contributed by atoms with Crippen LogP contribution in [0.15, 0.2) is 24.7 Å². The largest absolute Gasteiger partial charge is 0.364 e. The molecule has 0 unspecified atom stereocenters. The van der Waals surface area contributed by atoms with Gasteiger partial charge in [-0.3, -0.25) is 4.79 Å². The van der Waals surface area contributed by atoms with E-state index in [4.69, 9.17) is 5.73 Å². The Morgan fingerprint density at radius 1 is 1.50 bits per heavy atom. The zero-order valence-corrected chi connectivity index (χ0v) is 6.14. The third kappa shape index (κ3) is 0.833. The molecule has 0 aliphatic heterocycles. The number of primary amides is 1. The van der Waals surface area contributed by atoms with Gasteiger partial charge < -0.3 is 5.73 Å². The van der Waals surface area contributed by atoms with Crippen LogP contribution < -0.4 is 5.73 Å². The van der Waals surface area contributed by atoms with E-state index in [1.165, 1.54) is 10.8 Å². The van der Waals surface area contributed by atoms with Crippen molar-refractivity contribution in [2.75, 3.05) is 0 Å². The lowest BCUT2D eigenvalue weighted by atomic mass is 10.4. The smallest absolute Gasteiger partial charge is 0.267 e. The molecule has 2 rings (SSSR count). The third-order valence-electron chi connectivity index (χ3n) is 1.58. The quantitative estimate of drug-likeness (QED) is 0.632. The molecule has 60 valence electrons. The molecule has 2 aromatic heterocycles. The minimum Gasteiger partial charge on any atom is -0.364 e. The molecule has 0 saturated heterocycles. The number of hydrogen-bond donors (Lipinski definition) is 1. The summed E-state index contributed by atoms with van der Waals surface area (Å²) in [7, 11) is 0. The molecule has 0 aliphatic rings. The van der Waals surface area contributed by atoms with Crippen molar-refractivity contribution in [1.29, 1.82) is 0 Å². The lowest BCUT2D eigenvalue weighted by Gasteiger charge is -1.94. The normalized spacial score (nSPS) is 10.3. The Morgan fingerprint density at radius 2 is 2.33 bits per heavy atom. The number of nitrogens with two attached hydrogens (primary N) is 1. The van der Waals surface area contributed by atoms with Gasteiger partial charge in [0.25, 0.3) is 5.91 Å². The molecule has 0 fully saturated rings. The van der Waals surface area contributed by atoms with Crippen LogP contribution in [-0.4, -0.2) is 20.5 Å². The van der Waals surface area contributed by atoms with E-state index in [9.17, 15) is 4.79 Å². The van der Waals surface area contributed by atoms with Gasteiger partial charge in [0, 0.05) is 0 Å². The molecule has 0 bridgehead atoms. The number of aromatic nitrogens is 3. The van der Waals surface area contributed by atoms with E-state index in [0.717, 1.165) is 5.52 Å². The Bertz CT molecular complexity index is 434. The van der Waals surface area contributed by atoms with Gasteiger partial charge in [0.2, 0.25) is 0 Å². The summed E-state index contributed by atoms with van der Waals surface area (Å²) in [4.78, 5) is 14.6. The topological polar surface area (TPSA) is 73.3 Å². The number of rotatable bonds is 1. The molecule has 2 aromatic rings. The van der Waals surface area contributed by atoms with Crippen molar-refractivity contribution in [2.24, 2.45) is 5.73 Å². The Kier molecular flexibility index (Phi) is 1.30. The summed E-state index contributed by atoms with van der Waals surface area (Å²) < 4.78 is 1.45. The fourth-order valence-corrected chi connectivity index (χ4v) is 1.05. The lowest BCUT2D eigenvalue weighted by molar-refractivity contribution is 0.0993. The highest BCUT2D eigenvalue weighted by Gasteiger charge is 2.06. The van der Waals surface area contributed by atoms with Gasteiger partial charge in [0.15, 0.2) is 0 Å². The van der Waals surface area contributed by atoms with Crippen LogP contribution in [-0.2, 0) is 0 Å². The molecule has 12 heavy (non-hydrogen) atoms. The van der Waals surface area contributed by atoms with Gasteiger partial charge in [-0.1, -0.05) is 0 Å². The standard InChI is InChI=1S/C7H6N4O/c8-7(12)6-2-1-5-3-9-4-10-11(5)6/h1-4H,(H2,8,12). The van der Waals surface area contributed by atoms with Crippen molar-refractivity contribution in [2.45, 2.75) is 0 Å². The van der Waals surface area contributed by atoms with Crippen LogP contribution >= 0.6 is 0 Å². The monoisotopic (exact) mass is 162 g/mol. The molecule has 0 saturated carbocycles. The molecule has 0 aliphatic carbocycles. The zero-order valence-electron chi connectivity index (χ0n) is 6.14. The van der Waals surface area contributed by atoms with Crippen LogP contribution in [0.2, 0.25) is 0 Å². The molecule has 0 radical (unpaired) electrons. The molecular weight excluding hydrogens is 156 g/mol. The predicted octanol–water partition coefficient (Wildman–Crippen LogP) is -0.172. The molecule has 0 aromatic carbocycles. The molecule has 0 spiro atoms. The van der Waals surface area contributed by atoms with Crippen LogP contribution in [0.25, 0.3) is 5.52 Å². The van der Waals surface area contributed by atoms with E-state index >= 15 is 0 Å². The van der Waals surface area contributed by atoms with E-state index < -0.39 is 5.91 Å². The van der Waals surface area contributed by atoms with E-state index in [2.05, 4.69) is 10.1 Å².